The van der Waals surface area contributed by atoms with Crippen LogP contribution in [0.4, 0.5) is 0 Å². The summed E-state index contributed by atoms with van der Waals surface area (Å²) in [5, 5.41) is 3.73. The van der Waals surface area contributed by atoms with Crippen molar-refractivity contribution in [1.29, 1.82) is 0 Å². The molecule has 0 amide bonds. The number of aryl methyl sites for hydroxylation is 3. The molecule has 0 aromatic heterocycles. The first-order valence-corrected chi connectivity index (χ1v) is 7.89. The van der Waals surface area contributed by atoms with Crippen LogP contribution in [0.5, 0.6) is 0 Å². The van der Waals surface area contributed by atoms with Crippen LogP contribution in [0.2, 0.25) is 0 Å². The second-order valence-electron chi connectivity index (χ2n) is 6.81. The summed E-state index contributed by atoms with van der Waals surface area (Å²) in [4.78, 5) is 2.43. The zero-order chi connectivity index (χ0) is 14.8. The van der Waals surface area contributed by atoms with E-state index in [2.05, 4.69) is 57.2 Å². The molecule has 2 heteroatoms. The quantitative estimate of drug-likeness (QED) is 0.883. The summed E-state index contributed by atoms with van der Waals surface area (Å²) in [5.74, 6) is 0. The van der Waals surface area contributed by atoms with Crippen molar-refractivity contribution in [3.05, 3.63) is 34.4 Å². The maximum absolute atomic E-state index is 3.73. The number of nitrogens with zero attached hydrogens (tertiary/aromatic N) is 1. The van der Waals surface area contributed by atoms with Crippen molar-refractivity contribution in [2.45, 2.75) is 58.5 Å². The van der Waals surface area contributed by atoms with Gasteiger partial charge in [0.2, 0.25) is 0 Å². The van der Waals surface area contributed by atoms with Crippen LogP contribution in [-0.2, 0) is 6.54 Å². The Morgan fingerprint density at radius 2 is 1.60 bits per heavy atom. The van der Waals surface area contributed by atoms with E-state index >= 15 is 0 Å². The minimum Gasteiger partial charge on any atom is -0.311 e. The molecule has 0 unspecified atom stereocenters. The lowest BCUT2D eigenvalue weighted by Gasteiger charge is -2.36. The molecule has 20 heavy (non-hydrogen) atoms. The molecule has 0 bridgehead atoms. The smallest absolute Gasteiger partial charge is 0.0328 e. The molecule has 1 aliphatic carbocycles. The predicted molar refractivity (Wildman–Crippen MR) is 87.2 cm³/mol. The predicted octanol–water partition coefficient (Wildman–Crippen LogP) is 3.58. The van der Waals surface area contributed by atoms with Crippen LogP contribution < -0.4 is 5.32 Å². The number of likely N-dealkylation sites (N-methyl/N-ethyl adjacent to an activating group) is 1. The molecular formula is C18H30N2. The fourth-order valence-electron chi connectivity index (χ4n) is 3.72. The molecule has 0 atom stereocenters. The van der Waals surface area contributed by atoms with Gasteiger partial charge in [-0.3, -0.25) is 0 Å². The zero-order valence-electron chi connectivity index (χ0n) is 13.8. The molecule has 1 N–H and O–H groups in total. The number of nitrogens with one attached hydrogen (secondary N) is 1. The fourth-order valence-corrected chi connectivity index (χ4v) is 3.72. The third-order valence-electron chi connectivity index (χ3n) is 5.08. The topological polar surface area (TPSA) is 15.3 Å². The molecule has 1 aromatic rings. The van der Waals surface area contributed by atoms with Gasteiger partial charge in [-0.25, -0.2) is 0 Å². The van der Waals surface area contributed by atoms with Gasteiger partial charge in [-0.1, -0.05) is 30.5 Å². The van der Waals surface area contributed by atoms with Crippen LogP contribution in [0.25, 0.3) is 0 Å². The van der Waals surface area contributed by atoms with Gasteiger partial charge >= 0.3 is 0 Å². The van der Waals surface area contributed by atoms with Gasteiger partial charge in [-0.05, 0) is 64.4 Å². The highest BCUT2D eigenvalue weighted by atomic mass is 15.2. The Morgan fingerprint density at radius 3 is 2.10 bits per heavy atom. The van der Waals surface area contributed by atoms with Crippen molar-refractivity contribution >= 4 is 0 Å². The van der Waals surface area contributed by atoms with Crippen LogP contribution in [0.15, 0.2) is 12.1 Å². The van der Waals surface area contributed by atoms with E-state index in [1.54, 1.807) is 0 Å². The van der Waals surface area contributed by atoms with E-state index in [1.807, 2.05) is 0 Å². The van der Waals surface area contributed by atoms with E-state index in [4.69, 9.17) is 0 Å². The van der Waals surface area contributed by atoms with E-state index in [1.165, 1.54) is 47.9 Å². The molecule has 1 aromatic carbocycles. The van der Waals surface area contributed by atoms with Gasteiger partial charge in [-0.15, -0.1) is 0 Å². The second kappa shape index (κ2) is 6.28. The van der Waals surface area contributed by atoms with Crippen molar-refractivity contribution < 1.29 is 0 Å². The van der Waals surface area contributed by atoms with E-state index in [0.717, 1.165) is 13.1 Å². The number of hydrogen-bond acceptors (Lipinski definition) is 2. The van der Waals surface area contributed by atoms with E-state index < -0.39 is 0 Å². The van der Waals surface area contributed by atoms with Crippen LogP contribution in [0.1, 0.15) is 47.9 Å². The fraction of sp³-hybridized carbons (Fsp3) is 0.667. The Hall–Kier alpha value is -0.860. The Labute approximate surface area is 124 Å². The average Bonchev–Trinajstić information content (AvgIpc) is 2.82. The van der Waals surface area contributed by atoms with Gasteiger partial charge in [0.25, 0.3) is 0 Å². The summed E-state index contributed by atoms with van der Waals surface area (Å²) < 4.78 is 0. The Morgan fingerprint density at radius 1 is 1.05 bits per heavy atom. The summed E-state index contributed by atoms with van der Waals surface area (Å²) in [6.45, 7) is 8.74. The number of rotatable bonds is 5. The average molecular weight is 274 g/mol. The first-order valence-electron chi connectivity index (χ1n) is 7.89. The summed E-state index contributed by atoms with van der Waals surface area (Å²) in [5.41, 5.74) is 6.06. The number of benzene rings is 1. The lowest BCUT2D eigenvalue weighted by Crippen LogP contribution is -2.49. The molecule has 2 rings (SSSR count). The molecule has 0 saturated heterocycles. The first kappa shape index (κ1) is 15.5. The summed E-state index contributed by atoms with van der Waals surface area (Å²) in [6.07, 6.45) is 5.42. The minimum absolute atomic E-state index is 0.381. The molecule has 1 saturated carbocycles. The van der Waals surface area contributed by atoms with Crippen molar-refractivity contribution in [1.82, 2.24) is 10.2 Å². The molecule has 0 radical (unpaired) electrons. The van der Waals surface area contributed by atoms with Crippen molar-refractivity contribution in [2.75, 3.05) is 20.6 Å². The number of hydrogen-bond donors (Lipinski definition) is 1. The van der Waals surface area contributed by atoms with Gasteiger partial charge < -0.3 is 10.2 Å². The van der Waals surface area contributed by atoms with Crippen molar-refractivity contribution in [2.24, 2.45) is 0 Å². The van der Waals surface area contributed by atoms with Crippen molar-refractivity contribution in [3.63, 3.8) is 0 Å². The third kappa shape index (κ3) is 3.24. The van der Waals surface area contributed by atoms with Gasteiger partial charge in [0.15, 0.2) is 0 Å². The van der Waals surface area contributed by atoms with E-state index in [-0.39, 0.29) is 0 Å². The third-order valence-corrected chi connectivity index (χ3v) is 5.08. The molecule has 1 aliphatic rings. The molecule has 0 aliphatic heterocycles. The SMILES string of the molecule is Cc1cc(C)c(CNCC2(N(C)C)CCCC2)c(C)c1. The molecule has 2 nitrogen and oxygen atoms in total. The lowest BCUT2D eigenvalue weighted by atomic mass is 9.95. The van der Waals surface area contributed by atoms with Gasteiger partial charge in [-0.2, -0.15) is 0 Å². The lowest BCUT2D eigenvalue weighted by molar-refractivity contribution is 0.153. The van der Waals surface area contributed by atoms with E-state index in [9.17, 15) is 0 Å². The van der Waals surface area contributed by atoms with Crippen LogP contribution in [-0.4, -0.2) is 31.1 Å². The monoisotopic (exact) mass is 274 g/mol. The highest BCUT2D eigenvalue weighted by Crippen LogP contribution is 2.33. The highest BCUT2D eigenvalue weighted by Gasteiger charge is 2.35. The second-order valence-corrected chi connectivity index (χ2v) is 6.81. The standard InChI is InChI=1S/C18H30N2/c1-14-10-15(2)17(16(3)11-14)12-19-13-18(20(4)5)8-6-7-9-18/h10-11,19H,6-9,12-13H2,1-5H3. The normalized spacial score (nSPS) is 17.9. The maximum atomic E-state index is 3.73. The van der Waals surface area contributed by atoms with Crippen LogP contribution in [0.3, 0.4) is 0 Å². The Bertz CT molecular complexity index is 433. The highest BCUT2D eigenvalue weighted by molar-refractivity contribution is 5.37. The van der Waals surface area contributed by atoms with Crippen LogP contribution >= 0.6 is 0 Å². The largest absolute Gasteiger partial charge is 0.311 e. The molecule has 0 heterocycles. The van der Waals surface area contributed by atoms with E-state index in [0.29, 0.717) is 5.54 Å². The van der Waals surface area contributed by atoms with Crippen molar-refractivity contribution in [3.8, 4) is 0 Å². The van der Waals surface area contributed by atoms with Gasteiger partial charge in [0.1, 0.15) is 0 Å². The first-order chi connectivity index (χ1) is 9.44. The zero-order valence-corrected chi connectivity index (χ0v) is 13.8. The molecule has 112 valence electrons. The summed E-state index contributed by atoms with van der Waals surface area (Å²) in [7, 11) is 4.46. The Kier molecular flexibility index (Phi) is 4.87. The summed E-state index contributed by atoms with van der Waals surface area (Å²) >= 11 is 0. The van der Waals surface area contributed by atoms with Crippen LogP contribution in [0, 0.1) is 20.8 Å². The molecule has 0 spiro atoms. The Balaban J connectivity index is 1.99. The molecular weight excluding hydrogens is 244 g/mol. The molecule has 1 fully saturated rings. The minimum atomic E-state index is 0.381. The van der Waals surface area contributed by atoms with Gasteiger partial charge in [0.05, 0.1) is 0 Å². The maximum Gasteiger partial charge on any atom is 0.0328 e. The van der Waals surface area contributed by atoms with Gasteiger partial charge in [0, 0.05) is 18.6 Å². The summed E-state index contributed by atoms with van der Waals surface area (Å²) in [6, 6.07) is 4.59.